The van der Waals surface area contributed by atoms with Crippen LogP contribution in [0.25, 0.3) is 0 Å². The number of esters is 1. The van der Waals surface area contributed by atoms with Crippen LogP contribution in [0.5, 0.6) is 0 Å². The second-order valence-electron chi connectivity index (χ2n) is 12.8. The van der Waals surface area contributed by atoms with Gasteiger partial charge in [-0.05, 0) is 43.1 Å². The van der Waals surface area contributed by atoms with Crippen LogP contribution in [-0.2, 0) is 23.9 Å². The molecular formula is C27H34O7. The molecule has 7 heteroatoms. The summed E-state index contributed by atoms with van der Waals surface area (Å²) in [6.45, 7) is 10.2. The average molecular weight is 471 g/mol. The first-order chi connectivity index (χ1) is 15.8. The quantitative estimate of drug-likeness (QED) is 0.492. The van der Waals surface area contributed by atoms with Gasteiger partial charge in [-0.15, -0.1) is 0 Å². The first kappa shape index (κ1) is 22.5. The summed E-state index contributed by atoms with van der Waals surface area (Å²) >= 11 is 0. The lowest BCUT2D eigenvalue weighted by Crippen LogP contribution is -2.72. The molecule has 1 spiro atoms. The van der Waals surface area contributed by atoms with Gasteiger partial charge >= 0.3 is 5.97 Å². The number of aliphatic hydroxyl groups excluding tert-OH is 1. The molecule has 5 fully saturated rings. The molecule has 1 N–H and O–H groups in total. The van der Waals surface area contributed by atoms with E-state index in [-0.39, 0.29) is 36.2 Å². The third-order valence-electron chi connectivity index (χ3n) is 11.0. The van der Waals surface area contributed by atoms with E-state index in [1.807, 2.05) is 6.92 Å². The fourth-order valence-electron chi connectivity index (χ4n) is 9.38. The van der Waals surface area contributed by atoms with Crippen LogP contribution in [0.4, 0.5) is 0 Å². The Morgan fingerprint density at radius 3 is 2.41 bits per heavy atom. The molecule has 3 aliphatic carbocycles. The number of Topliss-reactive ketones (excluding diaryl/α,β-unsaturated/α-hetero) is 2. The van der Waals surface area contributed by atoms with Gasteiger partial charge < -0.3 is 19.0 Å². The van der Waals surface area contributed by atoms with E-state index >= 15 is 0 Å². The Morgan fingerprint density at radius 1 is 1.00 bits per heavy atom. The highest BCUT2D eigenvalue weighted by Gasteiger charge is 2.88. The maximum absolute atomic E-state index is 14.2. The van der Waals surface area contributed by atoms with E-state index in [2.05, 4.69) is 27.7 Å². The van der Waals surface area contributed by atoms with E-state index in [1.165, 1.54) is 0 Å². The van der Waals surface area contributed by atoms with E-state index in [4.69, 9.17) is 13.9 Å². The van der Waals surface area contributed by atoms with Crippen molar-refractivity contribution in [3.8, 4) is 0 Å². The molecule has 9 atom stereocenters. The Kier molecular flexibility index (Phi) is 4.24. The molecule has 6 rings (SSSR count). The summed E-state index contributed by atoms with van der Waals surface area (Å²) in [6.07, 6.45) is 3.01. The molecule has 34 heavy (non-hydrogen) atoms. The zero-order chi connectivity index (χ0) is 24.5. The second-order valence-corrected chi connectivity index (χ2v) is 12.8. The van der Waals surface area contributed by atoms with Crippen LogP contribution in [0, 0.1) is 33.5 Å². The standard InChI is InChI=1S/C27H34O7/c1-23(2)12-15(28)10-18(29)25(4)16-6-8-24(3)20(14-7-9-32-13-14)33-22(31)21-27(24,34-21)26(16,5)19(30)11-17(23)25/h7,9,13,16-18,20-21,29H,6,8,10-12H2,1-5H3. The van der Waals surface area contributed by atoms with E-state index in [0.29, 0.717) is 19.3 Å². The first-order valence-corrected chi connectivity index (χ1v) is 12.5. The number of aliphatic hydroxyl groups is 1. The highest BCUT2D eigenvalue weighted by Crippen LogP contribution is 2.79. The van der Waals surface area contributed by atoms with Crippen LogP contribution in [0.2, 0.25) is 0 Å². The number of fused-ring (bicyclic) bond motifs is 3. The van der Waals surface area contributed by atoms with Crippen molar-refractivity contribution < 1.29 is 33.4 Å². The molecule has 0 amide bonds. The Morgan fingerprint density at radius 2 is 1.74 bits per heavy atom. The lowest BCUT2D eigenvalue weighted by molar-refractivity contribution is -0.228. The molecular weight excluding hydrogens is 436 g/mol. The molecule has 0 aromatic carbocycles. The van der Waals surface area contributed by atoms with Crippen molar-refractivity contribution in [3.05, 3.63) is 24.2 Å². The number of ether oxygens (including phenoxy) is 2. The van der Waals surface area contributed by atoms with Crippen molar-refractivity contribution in [2.24, 2.45) is 33.5 Å². The van der Waals surface area contributed by atoms with Crippen molar-refractivity contribution in [2.75, 3.05) is 0 Å². The number of furan rings is 1. The number of ketones is 2. The van der Waals surface area contributed by atoms with Gasteiger partial charge in [0, 0.05) is 35.7 Å². The van der Waals surface area contributed by atoms with Crippen LogP contribution in [0.15, 0.2) is 23.0 Å². The summed E-state index contributed by atoms with van der Waals surface area (Å²) in [5.74, 6) is -0.681. The molecule has 2 saturated heterocycles. The van der Waals surface area contributed by atoms with Gasteiger partial charge in [0.25, 0.3) is 0 Å². The van der Waals surface area contributed by atoms with Crippen molar-refractivity contribution in [1.29, 1.82) is 0 Å². The highest BCUT2D eigenvalue weighted by molar-refractivity contribution is 5.93. The van der Waals surface area contributed by atoms with Crippen molar-refractivity contribution >= 4 is 17.5 Å². The van der Waals surface area contributed by atoms with Crippen molar-refractivity contribution in [2.45, 2.75) is 90.6 Å². The normalized spacial score (nSPS) is 51.4. The Balaban J connectivity index is 1.53. The van der Waals surface area contributed by atoms with Crippen LogP contribution in [0.3, 0.4) is 0 Å². The van der Waals surface area contributed by atoms with Gasteiger partial charge in [0.1, 0.15) is 23.3 Å². The fraction of sp³-hybridized carbons (Fsp3) is 0.741. The first-order valence-electron chi connectivity index (χ1n) is 12.5. The molecule has 0 bridgehead atoms. The largest absolute Gasteiger partial charge is 0.472 e. The van der Waals surface area contributed by atoms with Gasteiger partial charge in [-0.3, -0.25) is 9.59 Å². The van der Waals surface area contributed by atoms with Crippen LogP contribution in [-0.4, -0.2) is 40.5 Å². The number of carbonyl (C=O) groups excluding carboxylic acids is 3. The Hall–Kier alpha value is -1.99. The number of rotatable bonds is 1. The average Bonchev–Trinajstić information content (AvgIpc) is 3.33. The van der Waals surface area contributed by atoms with E-state index < -0.39 is 51.5 Å². The monoisotopic (exact) mass is 470 g/mol. The lowest BCUT2D eigenvalue weighted by atomic mass is 9.36. The molecule has 9 unspecified atom stereocenters. The molecule has 3 saturated carbocycles. The Labute approximate surface area is 199 Å². The SMILES string of the molecule is CC1(C)CC(=O)CC(O)C2(C)C1CC(=O)C1(C)C2CCC2(C)C(c3ccoc3)OC(=O)C3OC321. The number of hydrogen-bond acceptors (Lipinski definition) is 7. The molecule has 0 radical (unpaired) electrons. The minimum atomic E-state index is -1.01. The summed E-state index contributed by atoms with van der Waals surface area (Å²) in [5, 5.41) is 11.5. The summed E-state index contributed by atoms with van der Waals surface area (Å²) in [6, 6.07) is 1.80. The topological polar surface area (TPSA) is 106 Å². The number of epoxide rings is 1. The molecule has 2 aliphatic heterocycles. The van der Waals surface area contributed by atoms with Gasteiger partial charge in [-0.25, -0.2) is 4.79 Å². The van der Waals surface area contributed by atoms with Crippen LogP contribution in [0.1, 0.15) is 78.4 Å². The molecule has 3 heterocycles. The predicted octanol–water partition coefficient (Wildman–Crippen LogP) is 3.78. The predicted molar refractivity (Wildman–Crippen MR) is 119 cm³/mol. The zero-order valence-corrected chi connectivity index (χ0v) is 20.6. The number of hydrogen-bond donors (Lipinski definition) is 1. The third-order valence-corrected chi connectivity index (χ3v) is 11.0. The molecule has 184 valence electrons. The van der Waals surface area contributed by atoms with Gasteiger partial charge in [0.15, 0.2) is 6.10 Å². The van der Waals surface area contributed by atoms with Crippen LogP contribution >= 0.6 is 0 Å². The molecule has 5 aliphatic rings. The second kappa shape index (κ2) is 6.41. The molecule has 1 aromatic heterocycles. The number of carbonyl (C=O) groups is 3. The summed E-state index contributed by atoms with van der Waals surface area (Å²) in [7, 11) is 0. The van der Waals surface area contributed by atoms with Gasteiger partial charge in [-0.1, -0.05) is 27.7 Å². The minimum absolute atomic E-state index is 0.0444. The zero-order valence-electron chi connectivity index (χ0n) is 20.6. The number of cyclic esters (lactones) is 1. The highest BCUT2D eigenvalue weighted by atomic mass is 16.7. The van der Waals surface area contributed by atoms with E-state index in [0.717, 1.165) is 5.56 Å². The van der Waals surface area contributed by atoms with Gasteiger partial charge in [0.2, 0.25) is 0 Å². The summed E-state index contributed by atoms with van der Waals surface area (Å²) in [5.41, 5.74) is -2.92. The van der Waals surface area contributed by atoms with E-state index in [1.54, 1.807) is 18.6 Å². The van der Waals surface area contributed by atoms with Gasteiger partial charge in [0.05, 0.1) is 24.0 Å². The maximum Gasteiger partial charge on any atom is 0.339 e. The maximum atomic E-state index is 14.2. The van der Waals surface area contributed by atoms with Gasteiger partial charge in [-0.2, -0.15) is 0 Å². The van der Waals surface area contributed by atoms with Crippen molar-refractivity contribution in [3.63, 3.8) is 0 Å². The summed E-state index contributed by atoms with van der Waals surface area (Å²) < 4.78 is 17.6. The minimum Gasteiger partial charge on any atom is -0.472 e. The Bertz CT molecular complexity index is 1090. The van der Waals surface area contributed by atoms with E-state index in [9.17, 15) is 19.5 Å². The third kappa shape index (κ3) is 2.29. The van der Waals surface area contributed by atoms with Crippen molar-refractivity contribution in [1.82, 2.24) is 0 Å². The smallest absolute Gasteiger partial charge is 0.339 e. The summed E-state index contributed by atoms with van der Waals surface area (Å²) in [4.78, 5) is 40.1. The molecule has 1 aromatic rings. The molecule has 7 nitrogen and oxygen atoms in total. The fourth-order valence-corrected chi connectivity index (χ4v) is 9.38. The van der Waals surface area contributed by atoms with Crippen LogP contribution < -0.4 is 0 Å². The lowest BCUT2D eigenvalue weighted by Gasteiger charge is -2.66.